The van der Waals surface area contributed by atoms with Gasteiger partial charge in [0.25, 0.3) is 0 Å². The van der Waals surface area contributed by atoms with Crippen LogP contribution >= 0.6 is 0 Å². The van der Waals surface area contributed by atoms with Gasteiger partial charge in [-0.1, -0.05) is 19.8 Å². The van der Waals surface area contributed by atoms with Crippen molar-refractivity contribution in [2.45, 2.75) is 59.0 Å². The van der Waals surface area contributed by atoms with Crippen molar-refractivity contribution in [3.05, 3.63) is 28.8 Å². The van der Waals surface area contributed by atoms with Crippen LogP contribution in [0.15, 0.2) is 12.1 Å². The lowest BCUT2D eigenvalue weighted by Crippen LogP contribution is -2.25. The van der Waals surface area contributed by atoms with E-state index in [0.29, 0.717) is 6.10 Å². The van der Waals surface area contributed by atoms with Gasteiger partial charge in [-0.25, -0.2) is 0 Å². The molecule has 0 N–H and O–H groups in total. The van der Waals surface area contributed by atoms with Crippen molar-refractivity contribution in [1.82, 2.24) is 0 Å². The molecule has 2 nitrogen and oxygen atoms in total. The molecular weight excluding hydrogens is 236 g/mol. The van der Waals surface area contributed by atoms with Gasteiger partial charge in [-0.15, -0.1) is 0 Å². The van der Waals surface area contributed by atoms with Crippen molar-refractivity contribution in [1.29, 1.82) is 0 Å². The molecule has 1 aliphatic rings. The molecule has 2 unspecified atom stereocenters. The molecular formula is C17H24O2. The van der Waals surface area contributed by atoms with E-state index >= 15 is 0 Å². The number of aryl methyl sites for hydroxylation is 2. The van der Waals surface area contributed by atoms with Crippen molar-refractivity contribution in [3.8, 4) is 5.75 Å². The maximum Gasteiger partial charge on any atom is 0.150 e. The molecule has 0 bridgehead atoms. The first-order valence-corrected chi connectivity index (χ1v) is 7.37. The highest BCUT2D eigenvalue weighted by Crippen LogP contribution is 2.32. The number of rotatable bonds is 4. The molecule has 0 heterocycles. The zero-order valence-electron chi connectivity index (χ0n) is 12.2. The highest BCUT2D eigenvalue weighted by atomic mass is 16.5. The molecule has 0 saturated heterocycles. The van der Waals surface area contributed by atoms with Gasteiger partial charge in [-0.2, -0.15) is 0 Å². The molecule has 2 rings (SSSR count). The van der Waals surface area contributed by atoms with Crippen molar-refractivity contribution in [3.63, 3.8) is 0 Å². The number of ether oxygens (including phenoxy) is 1. The van der Waals surface area contributed by atoms with Crippen LogP contribution in [-0.4, -0.2) is 12.4 Å². The van der Waals surface area contributed by atoms with E-state index in [-0.39, 0.29) is 0 Å². The van der Waals surface area contributed by atoms with Crippen LogP contribution in [0.2, 0.25) is 0 Å². The Morgan fingerprint density at radius 3 is 2.53 bits per heavy atom. The minimum Gasteiger partial charge on any atom is -0.490 e. The lowest BCUT2D eigenvalue weighted by Gasteiger charge is -2.30. The van der Waals surface area contributed by atoms with E-state index in [1.165, 1.54) is 25.7 Å². The fraction of sp³-hybridized carbons (Fsp3) is 0.588. The molecule has 1 aromatic carbocycles. The standard InChI is InChI=1S/C17H24O2/c1-4-14-6-5-7-16(10-14)19-17-12(2)8-15(11-18)9-13(17)3/h8-9,11,14,16H,4-7,10H2,1-3H3. The molecule has 1 fully saturated rings. The molecule has 1 saturated carbocycles. The first kappa shape index (κ1) is 14.1. The largest absolute Gasteiger partial charge is 0.490 e. The number of carbonyl (C=O) groups excluding carboxylic acids is 1. The van der Waals surface area contributed by atoms with Crippen LogP contribution in [0.25, 0.3) is 0 Å². The van der Waals surface area contributed by atoms with Gasteiger partial charge < -0.3 is 4.74 Å². The Bertz CT molecular complexity index is 428. The molecule has 1 aliphatic carbocycles. The van der Waals surface area contributed by atoms with Crippen LogP contribution in [0, 0.1) is 19.8 Å². The zero-order valence-corrected chi connectivity index (χ0v) is 12.2. The second-order valence-electron chi connectivity index (χ2n) is 5.78. The third kappa shape index (κ3) is 3.37. The molecule has 0 radical (unpaired) electrons. The van der Waals surface area contributed by atoms with Crippen LogP contribution in [-0.2, 0) is 0 Å². The molecule has 1 aromatic rings. The maximum absolute atomic E-state index is 10.9. The van der Waals surface area contributed by atoms with E-state index in [0.717, 1.165) is 41.1 Å². The van der Waals surface area contributed by atoms with Gasteiger partial charge in [0, 0.05) is 5.56 Å². The number of hydrogen-bond donors (Lipinski definition) is 0. The van der Waals surface area contributed by atoms with Gasteiger partial charge >= 0.3 is 0 Å². The predicted octanol–water partition coefficient (Wildman–Crippen LogP) is 4.46. The molecule has 0 aromatic heterocycles. The van der Waals surface area contributed by atoms with Crippen molar-refractivity contribution in [2.24, 2.45) is 5.92 Å². The summed E-state index contributed by atoms with van der Waals surface area (Å²) < 4.78 is 6.23. The fourth-order valence-electron chi connectivity index (χ4n) is 3.12. The summed E-state index contributed by atoms with van der Waals surface area (Å²) in [6.07, 6.45) is 7.44. The van der Waals surface area contributed by atoms with E-state index in [2.05, 4.69) is 6.92 Å². The quantitative estimate of drug-likeness (QED) is 0.747. The summed E-state index contributed by atoms with van der Waals surface area (Å²) in [5, 5.41) is 0. The van der Waals surface area contributed by atoms with Gasteiger partial charge in [0.05, 0.1) is 6.10 Å². The second-order valence-corrected chi connectivity index (χ2v) is 5.78. The molecule has 0 spiro atoms. The Morgan fingerprint density at radius 1 is 1.26 bits per heavy atom. The first-order chi connectivity index (χ1) is 9.13. The molecule has 0 aliphatic heterocycles. The van der Waals surface area contributed by atoms with E-state index in [4.69, 9.17) is 4.74 Å². The molecule has 104 valence electrons. The highest BCUT2D eigenvalue weighted by Gasteiger charge is 2.23. The van der Waals surface area contributed by atoms with E-state index in [9.17, 15) is 4.79 Å². The predicted molar refractivity (Wildman–Crippen MR) is 78.0 cm³/mol. The first-order valence-electron chi connectivity index (χ1n) is 7.37. The van der Waals surface area contributed by atoms with E-state index in [1.807, 2.05) is 26.0 Å². The van der Waals surface area contributed by atoms with E-state index in [1.54, 1.807) is 0 Å². The summed E-state index contributed by atoms with van der Waals surface area (Å²) in [5.41, 5.74) is 2.87. The fourth-order valence-corrected chi connectivity index (χ4v) is 3.12. The lowest BCUT2D eigenvalue weighted by atomic mass is 9.85. The van der Waals surface area contributed by atoms with Crippen molar-refractivity contribution < 1.29 is 9.53 Å². The molecule has 2 heteroatoms. The third-order valence-corrected chi connectivity index (χ3v) is 4.22. The summed E-state index contributed by atoms with van der Waals surface area (Å²) in [6, 6.07) is 3.82. The van der Waals surface area contributed by atoms with Gasteiger partial charge in [-0.05, 0) is 62.3 Å². The monoisotopic (exact) mass is 260 g/mol. The Hall–Kier alpha value is -1.31. The van der Waals surface area contributed by atoms with Crippen LogP contribution in [0.4, 0.5) is 0 Å². The Morgan fingerprint density at radius 2 is 1.95 bits per heavy atom. The highest BCUT2D eigenvalue weighted by molar-refractivity contribution is 5.76. The minimum atomic E-state index is 0.346. The Balaban J connectivity index is 2.12. The second kappa shape index (κ2) is 6.23. The molecule has 0 amide bonds. The van der Waals surface area contributed by atoms with E-state index < -0.39 is 0 Å². The van der Waals surface area contributed by atoms with Crippen LogP contribution < -0.4 is 4.74 Å². The third-order valence-electron chi connectivity index (χ3n) is 4.22. The summed E-state index contributed by atoms with van der Waals surface area (Å²) in [4.78, 5) is 10.9. The van der Waals surface area contributed by atoms with Crippen molar-refractivity contribution in [2.75, 3.05) is 0 Å². The van der Waals surface area contributed by atoms with Crippen LogP contribution in [0.5, 0.6) is 5.75 Å². The van der Waals surface area contributed by atoms with Crippen LogP contribution in [0.3, 0.4) is 0 Å². The smallest absolute Gasteiger partial charge is 0.150 e. The topological polar surface area (TPSA) is 26.3 Å². The molecule has 19 heavy (non-hydrogen) atoms. The number of aldehydes is 1. The summed E-state index contributed by atoms with van der Waals surface area (Å²) in [5.74, 6) is 1.79. The average molecular weight is 260 g/mol. The zero-order chi connectivity index (χ0) is 13.8. The number of benzene rings is 1. The van der Waals surface area contributed by atoms with Gasteiger partial charge in [0.15, 0.2) is 0 Å². The Labute approximate surface area is 116 Å². The van der Waals surface area contributed by atoms with Crippen LogP contribution in [0.1, 0.15) is 60.5 Å². The van der Waals surface area contributed by atoms with Crippen molar-refractivity contribution >= 4 is 6.29 Å². The maximum atomic E-state index is 10.9. The van der Waals surface area contributed by atoms with Gasteiger partial charge in [0.1, 0.15) is 12.0 Å². The van der Waals surface area contributed by atoms with Gasteiger partial charge in [0.2, 0.25) is 0 Å². The average Bonchev–Trinajstić information content (AvgIpc) is 2.42. The number of carbonyl (C=O) groups is 1. The lowest BCUT2D eigenvalue weighted by molar-refractivity contribution is 0.112. The summed E-state index contributed by atoms with van der Waals surface area (Å²) in [6.45, 7) is 6.31. The van der Waals surface area contributed by atoms with Gasteiger partial charge in [-0.3, -0.25) is 4.79 Å². The SMILES string of the molecule is CCC1CCCC(Oc2c(C)cc(C=O)cc2C)C1. The minimum absolute atomic E-state index is 0.346. The molecule has 2 atom stereocenters. The summed E-state index contributed by atoms with van der Waals surface area (Å²) >= 11 is 0. The Kier molecular flexibility index (Phi) is 4.62. The normalized spacial score (nSPS) is 23.1. The summed E-state index contributed by atoms with van der Waals surface area (Å²) in [7, 11) is 0. The number of hydrogen-bond acceptors (Lipinski definition) is 2.